The molecule has 3 aromatic rings. The molecule has 0 bridgehead atoms. The van der Waals surface area contributed by atoms with Gasteiger partial charge in [0, 0.05) is 5.38 Å². The maximum atomic E-state index is 13.1. The smallest absolute Gasteiger partial charge is 0.305 e. The SMILES string of the molecule is CC(C)c1csc(-n2c(=O)[nH]c3cc(F)ccc32)n1. The Morgan fingerprint density at radius 2 is 2.21 bits per heavy atom. The molecular weight excluding hydrogens is 265 g/mol. The molecule has 2 heterocycles. The van der Waals surface area contributed by atoms with Crippen molar-refractivity contribution in [3.05, 3.63) is 45.6 Å². The second-order valence-corrected chi connectivity index (χ2v) is 5.47. The number of halogens is 1. The first-order valence-electron chi connectivity index (χ1n) is 5.92. The van der Waals surface area contributed by atoms with E-state index in [1.165, 1.54) is 28.0 Å². The average Bonchev–Trinajstić information content (AvgIpc) is 2.91. The largest absolute Gasteiger partial charge is 0.332 e. The number of fused-ring (bicyclic) bond motifs is 1. The van der Waals surface area contributed by atoms with Crippen molar-refractivity contribution < 1.29 is 4.39 Å². The van der Waals surface area contributed by atoms with Crippen molar-refractivity contribution in [3.63, 3.8) is 0 Å². The summed E-state index contributed by atoms with van der Waals surface area (Å²) in [5, 5.41) is 2.54. The Balaban J connectivity index is 2.23. The van der Waals surface area contributed by atoms with Gasteiger partial charge in [0.15, 0.2) is 5.13 Å². The molecule has 0 aliphatic rings. The number of aromatic amines is 1. The van der Waals surface area contributed by atoms with E-state index >= 15 is 0 Å². The maximum absolute atomic E-state index is 13.1. The summed E-state index contributed by atoms with van der Waals surface area (Å²) in [5.41, 5.74) is 1.76. The molecule has 1 N–H and O–H groups in total. The van der Waals surface area contributed by atoms with Gasteiger partial charge in [0.2, 0.25) is 0 Å². The highest BCUT2D eigenvalue weighted by molar-refractivity contribution is 7.12. The number of benzene rings is 1. The highest BCUT2D eigenvalue weighted by Crippen LogP contribution is 2.23. The molecule has 2 aromatic heterocycles. The van der Waals surface area contributed by atoms with Crippen molar-refractivity contribution >= 4 is 22.4 Å². The molecule has 0 atom stereocenters. The molecule has 0 aliphatic carbocycles. The molecular formula is C13H12FN3OS. The number of hydrogen-bond acceptors (Lipinski definition) is 3. The molecule has 4 nitrogen and oxygen atoms in total. The van der Waals surface area contributed by atoms with E-state index in [4.69, 9.17) is 0 Å². The lowest BCUT2D eigenvalue weighted by Gasteiger charge is -1.99. The first-order valence-corrected chi connectivity index (χ1v) is 6.80. The normalized spacial score (nSPS) is 11.6. The highest BCUT2D eigenvalue weighted by Gasteiger charge is 2.13. The van der Waals surface area contributed by atoms with Crippen LogP contribution >= 0.6 is 11.3 Å². The molecule has 0 saturated carbocycles. The molecule has 0 amide bonds. The summed E-state index contributed by atoms with van der Waals surface area (Å²) in [5.74, 6) is -0.0636. The van der Waals surface area contributed by atoms with Gasteiger partial charge in [-0.15, -0.1) is 11.3 Å². The van der Waals surface area contributed by atoms with Gasteiger partial charge in [0.05, 0.1) is 16.7 Å². The molecule has 98 valence electrons. The standard InChI is InChI=1S/C13H12FN3OS/c1-7(2)10-6-19-13(16-10)17-11-4-3-8(14)5-9(11)15-12(17)18/h3-7H,1-2H3,(H,15,18). The van der Waals surface area contributed by atoms with Gasteiger partial charge in [0.25, 0.3) is 0 Å². The van der Waals surface area contributed by atoms with Crippen molar-refractivity contribution in [2.75, 3.05) is 0 Å². The zero-order valence-electron chi connectivity index (χ0n) is 10.5. The average molecular weight is 277 g/mol. The van der Waals surface area contributed by atoms with Crippen LogP contribution in [0.1, 0.15) is 25.5 Å². The van der Waals surface area contributed by atoms with Crippen LogP contribution in [0, 0.1) is 5.82 Å². The number of H-pyrrole nitrogens is 1. The monoisotopic (exact) mass is 277 g/mol. The van der Waals surface area contributed by atoms with Gasteiger partial charge in [-0.25, -0.2) is 18.7 Å². The van der Waals surface area contributed by atoms with E-state index in [0.717, 1.165) is 5.69 Å². The molecule has 19 heavy (non-hydrogen) atoms. The van der Waals surface area contributed by atoms with Crippen LogP contribution in [0.15, 0.2) is 28.4 Å². The van der Waals surface area contributed by atoms with Crippen LogP contribution in [0.25, 0.3) is 16.2 Å². The van der Waals surface area contributed by atoms with Gasteiger partial charge in [-0.05, 0) is 24.1 Å². The minimum Gasteiger partial charge on any atom is -0.305 e. The van der Waals surface area contributed by atoms with E-state index in [9.17, 15) is 9.18 Å². The predicted octanol–water partition coefficient (Wildman–Crippen LogP) is 3.04. The Kier molecular flexibility index (Phi) is 2.74. The first-order chi connectivity index (χ1) is 9.06. The van der Waals surface area contributed by atoms with Gasteiger partial charge >= 0.3 is 5.69 Å². The van der Waals surface area contributed by atoms with E-state index in [1.54, 1.807) is 6.07 Å². The lowest BCUT2D eigenvalue weighted by molar-refractivity contribution is 0.629. The van der Waals surface area contributed by atoms with Crippen molar-refractivity contribution in [1.82, 2.24) is 14.5 Å². The Morgan fingerprint density at radius 3 is 2.89 bits per heavy atom. The molecule has 0 saturated heterocycles. The van der Waals surface area contributed by atoms with Crippen LogP contribution in [-0.2, 0) is 0 Å². The molecule has 0 spiro atoms. The molecule has 1 aromatic carbocycles. The summed E-state index contributed by atoms with van der Waals surface area (Å²) < 4.78 is 14.6. The Bertz CT molecular complexity index is 800. The molecule has 0 fully saturated rings. The van der Waals surface area contributed by atoms with E-state index in [2.05, 4.69) is 9.97 Å². The third-order valence-corrected chi connectivity index (χ3v) is 3.78. The number of nitrogens with one attached hydrogen (secondary N) is 1. The number of imidazole rings is 1. The van der Waals surface area contributed by atoms with Crippen molar-refractivity contribution in [2.24, 2.45) is 0 Å². The molecule has 0 radical (unpaired) electrons. The Labute approximate surface area is 112 Å². The lowest BCUT2D eigenvalue weighted by Crippen LogP contribution is -2.14. The second kappa shape index (κ2) is 4.31. The summed E-state index contributed by atoms with van der Waals surface area (Å²) in [7, 11) is 0. The van der Waals surface area contributed by atoms with Gasteiger partial charge in [-0.1, -0.05) is 13.8 Å². The van der Waals surface area contributed by atoms with Crippen LogP contribution in [0.2, 0.25) is 0 Å². The summed E-state index contributed by atoms with van der Waals surface area (Å²) in [6.45, 7) is 4.10. The topological polar surface area (TPSA) is 50.7 Å². The van der Waals surface area contributed by atoms with E-state index in [1.807, 2.05) is 19.2 Å². The zero-order valence-corrected chi connectivity index (χ0v) is 11.3. The minimum absolute atomic E-state index is 0.301. The molecule has 6 heteroatoms. The third kappa shape index (κ3) is 1.98. The first kappa shape index (κ1) is 12.1. The fourth-order valence-electron chi connectivity index (χ4n) is 1.92. The van der Waals surface area contributed by atoms with Gasteiger partial charge in [-0.2, -0.15) is 0 Å². The number of nitrogens with zero attached hydrogens (tertiary/aromatic N) is 2. The quantitative estimate of drug-likeness (QED) is 0.782. The number of rotatable bonds is 2. The number of aromatic nitrogens is 3. The summed E-state index contributed by atoms with van der Waals surface area (Å²) in [4.78, 5) is 19.1. The molecule has 0 unspecified atom stereocenters. The summed E-state index contributed by atoms with van der Waals surface area (Å²) in [6.07, 6.45) is 0. The summed E-state index contributed by atoms with van der Waals surface area (Å²) in [6, 6.07) is 4.23. The van der Waals surface area contributed by atoms with Crippen LogP contribution in [-0.4, -0.2) is 14.5 Å². The van der Waals surface area contributed by atoms with Gasteiger partial charge in [-0.3, -0.25) is 0 Å². The van der Waals surface area contributed by atoms with Crippen molar-refractivity contribution in [3.8, 4) is 5.13 Å². The molecule has 3 rings (SSSR count). The fourth-order valence-corrected chi connectivity index (χ4v) is 2.91. The lowest BCUT2D eigenvalue weighted by atomic mass is 10.2. The predicted molar refractivity (Wildman–Crippen MR) is 73.6 cm³/mol. The van der Waals surface area contributed by atoms with Gasteiger partial charge in [0.1, 0.15) is 5.82 Å². The second-order valence-electron chi connectivity index (χ2n) is 4.64. The van der Waals surface area contributed by atoms with Crippen LogP contribution < -0.4 is 5.69 Å². The number of thiazole rings is 1. The Morgan fingerprint density at radius 1 is 1.42 bits per heavy atom. The van der Waals surface area contributed by atoms with E-state index < -0.39 is 0 Å². The Hall–Kier alpha value is -1.95. The van der Waals surface area contributed by atoms with E-state index in [0.29, 0.717) is 22.1 Å². The van der Waals surface area contributed by atoms with E-state index in [-0.39, 0.29) is 11.5 Å². The van der Waals surface area contributed by atoms with Crippen molar-refractivity contribution in [1.29, 1.82) is 0 Å². The maximum Gasteiger partial charge on any atom is 0.332 e. The minimum atomic E-state index is -0.372. The van der Waals surface area contributed by atoms with Crippen molar-refractivity contribution in [2.45, 2.75) is 19.8 Å². The number of hydrogen-bond donors (Lipinski definition) is 1. The molecule has 0 aliphatic heterocycles. The van der Waals surface area contributed by atoms with Crippen LogP contribution in [0.4, 0.5) is 4.39 Å². The fraction of sp³-hybridized carbons (Fsp3) is 0.231. The zero-order chi connectivity index (χ0) is 13.6. The van der Waals surface area contributed by atoms with Gasteiger partial charge < -0.3 is 4.98 Å². The van der Waals surface area contributed by atoms with Crippen LogP contribution in [0.5, 0.6) is 0 Å². The highest BCUT2D eigenvalue weighted by atomic mass is 32.1. The van der Waals surface area contributed by atoms with Crippen LogP contribution in [0.3, 0.4) is 0 Å². The summed E-state index contributed by atoms with van der Waals surface area (Å²) >= 11 is 1.41. The third-order valence-electron chi connectivity index (χ3n) is 2.94.